The minimum Gasteiger partial charge on any atom is -0.356 e. The second-order valence-electron chi connectivity index (χ2n) is 4.63. The van der Waals surface area contributed by atoms with E-state index >= 15 is 0 Å². The molecular formula is C13H23N3O2. The molecule has 0 radical (unpaired) electrons. The SMILES string of the molecule is C=CCC(N)C(=O)N1CCC(C(=O)NCC)CC1. The smallest absolute Gasteiger partial charge is 0.239 e. The van der Waals surface area contributed by atoms with Gasteiger partial charge in [-0.15, -0.1) is 6.58 Å². The van der Waals surface area contributed by atoms with Crippen molar-refractivity contribution in [2.24, 2.45) is 11.7 Å². The molecule has 5 heteroatoms. The first-order chi connectivity index (χ1) is 8.60. The van der Waals surface area contributed by atoms with E-state index in [1.165, 1.54) is 0 Å². The minimum atomic E-state index is -0.497. The molecule has 1 aliphatic rings. The van der Waals surface area contributed by atoms with E-state index in [1.807, 2.05) is 6.92 Å². The zero-order chi connectivity index (χ0) is 13.5. The molecule has 102 valence electrons. The highest BCUT2D eigenvalue weighted by Gasteiger charge is 2.28. The van der Waals surface area contributed by atoms with Gasteiger partial charge in [-0.3, -0.25) is 9.59 Å². The summed E-state index contributed by atoms with van der Waals surface area (Å²) in [6.45, 7) is 7.38. The van der Waals surface area contributed by atoms with Gasteiger partial charge in [-0.25, -0.2) is 0 Å². The average Bonchev–Trinajstić information content (AvgIpc) is 2.38. The molecule has 1 atom stereocenters. The Morgan fingerprint density at radius 2 is 2.11 bits per heavy atom. The lowest BCUT2D eigenvalue weighted by molar-refractivity contribution is -0.136. The Kier molecular flexibility index (Phi) is 5.85. The van der Waals surface area contributed by atoms with Gasteiger partial charge in [-0.1, -0.05) is 6.08 Å². The van der Waals surface area contributed by atoms with Crippen molar-refractivity contribution < 1.29 is 9.59 Å². The normalized spacial score (nSPS) is 18.2. The number of rotatable bonds is 5. The highest BCUT2D eigenvalue weighted by Crippen LogP contribution is 2.18. The van der Waals surface area contributed by atoms with Crippen LogP contribution in [0.5, 0.6) is 0 Å². The molecule has 1 fully saturated rings. The molecule has 0 spiro atoms. The van der Waals surface area contributed by atoms with Crippen LogP contribution in [0, 0.1) is 5.92 Å². The Balaban J connectivity index is 2.41. The molecular weight excluding hydrogens is 230 g/mol. The Morgan fingerprint density at radius 3 is 2.61 bits per heavy atom. The number of nitrogens with one attached hydrogen (secondary N) is 1. The fraction of sp³-hybridized carbons (Fsp3) is 0.692. The molecule has 0 saturated carbocycles. The van der Waals surface area contributed by atoms with Crippen molar-refractivity contribution in [3.63, 3.8) is 0 Å². The third-order valence-electron chi connectivity index (χ3n) is 3.27. The quantitative estimate of drug-likeness (QED) is 0.690. The molecule has 0 aromatic heterocycles. The summed E-state index contributed by atoms with van der Waals surface area (Å²) in [6.07, 6.45) is 3.59. The van der Waals surface area contributed by atoms with Crippen LogP contribution in [0.4, 0.5) is 0 Å². The summed E-state index contributed by atoms with van der Waals surface area (Å²) < 4.78 is 0. The lowest BCUT2D eigenvalue weighted by Crippen LogP contribution is -2.48. The van der Waals surface area contributed by atoms with Crippen LogP contribution in [0.3, 0.4) is 0 Å². The van der Waals surface area contributed by atoms with Gasteiger partial charge in [0.2, 0.25) is 11.8 Å². The number of carbonyl (C=O) groups excluding carboxylic acids is 2. The van der Waals surface area contributed by atoms with Gasteiger partial charge in [-0.2, -0.15) is 0 Å². The number of hydrogen-bond acceptors (Lipinski definition) is 3. The molecule has 1 saturated heterocycles. The van der Waals surface area contributed by atoms with Gasteiger partial charge in [0, 0.05) is 25.6 Å². The monoisotopic (exact) mass is 253 g/mol. The van der Waals surface area contributed by atoms with E-state index < -0.39 is 6.04 Å². The summed E-state index contributed by atoms with van der Waals surface area (Å²) in [5.74, 6) is 0.0915. The average molecular weight is 253 g/mol. The molecule has 18 heavy (non-hydrogen) atoms. The van der Waals surface area contributed by atoms with Crippen LogP contribution in [0.25, 0.3) is 0 Å². The lowest BCUT2D eigenvalue weighted by atomic mass is 9.95. The van der Waals surface area contributed by atoms with Crippen LogP contribution >= 0.6 is 0 Å². The Hall–Kier alpha value is -1.36. The van der Waals surface area contributed by atoms with Gasteiger partial charge in [0.15, 0.2) is 0 Å². The fourth-order valence-corrected chi connectivity index (χ4v) is 2.20. The maximum absolute atomic E-state index is 11.9. The van der Waals surface area contributed by atoms with E-state index in [9.17, 15) is 9.59 Å². The summed E-state index contributed by atoms with van der Waals surface area (Å²) in [7, 11) is 0. The van der Waals surface area contributed by atoms with Crippen molar-refractivity contribution in [2.45, 2.75) is 32.2 Å². The van der Waals surface area contributed by atoms with E-state index in [-0.39, 0.29) is 17.7 Å². The van der Waals surface area contributed by atoms with Crippen LogP contribution in [-0.2, 0) is 9.59 Å². The summed E-state index contributed by atoms with van der Waals surface area (Å²) in [6, 6.07) is -0.497. The van der Waals surface area contributed by atoms with Crippen LogP contribution in [0.15, 0.2) is 12.7 Å². The third-order valence-corrected chi connectivity index (χ3v) is 3.27. The summed E-state index contributed by atoms with van der Waals surface area (Å²) in [5.41, 5.74) is 5.76. The largest absolute Gasteiger partial charge is 0.356 e. The molecule has 0 aromatic carbocycles. The van der Waals surface area contributed by atoms with Crippen molar-refractivity contribution in [1.29, 1.82) is 0 Å². The molecule has 0 aliphatic carbocycles. The van der Waals surface area contributed by atoms with Crippen LogP contribution in [0.1, 0.15) is 26.2 Å². The van der Waals surface area contributed by atoms with Gasteiger partial charge in [0.05, 0.1) is 6.04 Å². The Morgan fingerprint density at radius 1 is 1.50 bits per heavy atom. The van der Waals surface area contributed by atoms with Gasteiger partial charge in [0.25, 0.3) is 0 Å². The predicted molar refractivity (Wildman–Crippen MR) is 70.8 cm³/mol. The van der Waals surface area contributed by atoms with E-state index in [4.69, 9.17) is 5.73 Å². The number of carbonyl (C=O) groups is 2. The van der Waals surface area contributed by atoms with E-state index in [2.05, 4.69) is 11.9 Å². The number of amides is 2. The van der Waals surface area contributed by atoms with Crippen molar-refractivity contribution >= 4 is 11.8 Å². The molecule has 2 amide bonds. The number of piperidine rings is 1. The number of likely N-dealkylation sites (tertiary alicyclic amines) is 1. The first kappa shape index (κ1) is 14.7. The van der Waals surface area contributed by atoms with Crippen molar-refractivity contribution in [3.8, 4) is 0 Å². The van der Waals surface area contributed by atoms with Crippen molar-refractivity contribution in [1.82, 2.24) is 10.2 Å². The molecule has 3 N–H and O–H groups in total. The van der Waals surface area contributed by atoms with Gasteiger partial charge in [0.1, 0.15) is 0 Å². The third kappa shape index (κ3) is 3.84. The molecule has 0 bridgehead atoms. The summed E-state index contributed by atoms with van der Waals surface area (Å²) in [4.78, 5) is 25.4. The molecule has 5 nitrogen and oxygen atoms in total. The fourth-order valence-electron chi connectivity index (χ4n) is 2.20. The molecule has 1 heterocycles. The predicted octanol–water partition coefficient (Wildman–Crippen LogP) is 0.265. The van der Waals surface area contributed by atoms with E-state index in [1.54, 1.807) is 11.0 Å². The summed E-state index contributed by atoms with van der Waals surface area (Å²) in [5, 5.41) is 2.82. The first-order valence-electron chi connectivity index (χ1n) is 6.53. The Bertz CT molecular complexity index is 309. The standard InChI is InChI=1S/C13H23N3O2/c1-3-5-11(14)13(18)16-8-6-10(7-9-16)12(17)15-4-2/h3,10-11H,1,4-9,14H2,2H3,(H,15,17). The van der Waals surface area contributed by atoms with Gasteiger partial charge < -0.3 is 16.0 Å². The van der Waals surface area contributed by atoms with E-state index in [0.29, 0.717) is 26.1 Å². The van der Waals surface area contributed by atoms with E-state index in [0.717, 1.165) is 12.8 Å². The van der Waals surface area contributed by atoms with Crippen molar-refractivity contribution in [3.05, 3.63) is 12.7 Å². The van der Waals surface area contributed by atoms with Crippen LogP contribution in [0.2, 0.25) is 0 Å². The molecule has 1 unspecified atom stereocenters. The maximum atomic E-state index is 11.9. The number of nitrogens with two attached hydrogens (primary N) is 1. The molecule has 0 aromatic rings. The summed E-state index contributed by atoms with van der Waals surface area (Å²) >= 11 is 0. The maximum Gasteiger partial charge on any atom is 0.239 e. The minimum absolute atomic E-state index is 0.0321. The number of hydrogen-bond donors (Lipinski definition) is 2. The second kappa shape index (κ2) is 7.16. The molecule has 1 rings (SSSR count). The van der Waals surface area contributed by atoms with Crippen molar-refractivity contribution in [2.75, 3.05) is 19.6 Å². The lowest BCUT2D eigenvalue weighted by Gasteiger charge is -2.32. The topological polar surface area (TPSA) is 75.4 Å². The zero-order valence-electron chi connectivity index (χ0n) is 11.0. The first-order valence-corrected chi connectivity index (χ1v) is 6.53. The number of nitrogens with zero attached hydrogens (tertiary/aromatic N) is 1. The highest BCUT2D eigenvalue weighted by molar-refractivity contribution is 5.83. The highest BCUT2D eigenvalue weighted by atomic mass is 16.2. The van der Waals surface area contributed by atoms with Crippen LogP contribution in [-0.4, -0.2) is 42.4 Å². The van der Waals surface area contributed by atoms with Gasteiger partial charge >= 0.3 is 0 Å². The Labute approximate surface area is 108 Å². The second-order valence-corrected chi connectivity index (χ2v) is 4.63. The van der Waals surface area contributed by atoms with Crippen LogP contribution < -0.4 is 11.1 Å². The van der Waals surface area contributed by atoms with Gasteiger partial charge in [-0.05, 0) is 26.2 Å². The molecule has 1 aliphatic heterocycles. The zero-order valence-corrected chi connectivity index (χ0v) is 11.0.